The summed E-state index contributed by atoms with van der Waals surface area (Å²) in [5.41, 5.74) is 1.51. The SMILES string of the molecule is Cc1ccc(NC(=O)C=Cc2ccc(F)c(Cl)c2)cc1S(=O)(=O)N1CCOCC1. The average Bonchev–Trinajstić information content (AvgIpc) is 2.71. The summed E-state index contributed by atoms with van der Waals surface area (Å²) >= 11 is 5.72. The lowest BCUT2D eigenvalue weighted by Gasteiger charge is -2.26. The highest BCUT2D eigenvalue weighted by Gasteiger charge is 2.28. The van der Waals surface area contributed by atoms with Gasteiger partial charge in [0.2, 0.25) is 15.9 Å². The maximum Gasteiger partial charge on any atom is 0.248 e. The number of anilines is 1. The number of halogens is 2. The fourth-order valence-corrected chi connectivity index (χ4v) is 4.70. The summed E-state index contributed by atoms with van der Waals surface area (Å²) in [5.74, 6) is -0.994. The number of carbonyl (C=O) groups is 1. The zero-order valence-corrected chi connectivity index (χ0v) is 17.3. The topological polar surface area (TPSA) is 75.7 Å². The van der Waals surface area contributed by atoms with E-state index < -0.39 is 21.7 Å². The minimum Gasteiger partial charge on any atom is -0.379 e. The van der Waals surface area contributed by atoms with Crippen molar-refractivity contribution >= 4 is 39.3 Å². The van der Waals surface area contributed by atoms with E-state index >= 15 is 0 Å². The van der Waals surface area contributed by atoms with Crippen LogP contribution in [-0.4, -0.2) is 44.9 Å². The summed E-state index contributed by atoms with van der Waals surface area (Å²) in [5, 5.41) is 2.60. The number of ether oxygens (including phenoxy) is 1. The molecule has 0 bridgehead atoms. The molecule has 0 aliphatic carbocycles. The molecule has 29 heavy (non-hydrogen) atoms. The van der Waals surface area contributed by atoms with Gasteiger partial charge in [0.15, 0.2) is 0 Å². The largest absolute Gasteiger partial charge is 0.379 e. The van der Waals surface area contributed by atoms with Crippen molar-refractivity contribution in [2.75, 3.05) is 31.6 Å². The third kappa shape index (κ3) is 5.22. The molecule has 0 atom stereocenters. The number of morpholine rings is 1. The van der Waals surface area contributed by atoms with Crippen molar-refractivity contribution in [1.82, 2.24) is 4.31 Å². The molecular weight excluding hydrogens is 419 g/mol. The summed E-state index contributed by atoms with van der Waals surface area (Å²) in [6, 6.07) is 8.83. The highest BCUT2D eigenvalue weighted by atomic mass is 35.5. The van der Waals surface area contributed by atoms with Gasteiger partial charge in [0.1, 0.15) is 5.82 Å². The molecule has 1 saturated heterocycles. The fraction of sp³-hybridized carbons (Fsp3) is 0.250. The summed E-state index contributed by atoms with van der Waals surface area (Å²) in [4.78, 5) is 12.3. The zero-order valence-electron chi connectivity index (χ0n) is 15.7. The Morgan fingerprint density at radius 1 is 1.21 bits per heavy atom. The molecule has 2 aromatic carbocycles. The van der Waals surface area contributed by atoms with E-state index in [1.54, 1.807) is 19.1 Å². The second-order valence-corrected chi connectivity index (χ2v) is 8.81. The molecule has 1 heterocycles. The summed E-state index contributed by atoms with van der Waals surface area (Å²) < 4.78 is 45.6. The van der Waals surface area contributed by atoms with E-state index in [0.29, 0.717) is 43.1 Å². The molecule has 0 aromatic heterocycles. The monoisotopic (exact) mass is 438 g/mol. The fourth-order valence-electron chi connectivity index (χ4n) is 2.85. The Kier molecular flexibility index (Phi) is 6.69. The zero-order chi connectivity index (χ0) is 21.0. The molecule has 1 N–H and O–H groups in total. The van der Waals surface area contributed by atoms with Gasteiger partial charge in [0.25, 0.3) is 0 Å². The predicted octanol–water partition coefficient (Wildman–Crippen LogP) is 3.46. The van der Waals surface area contributed by atoms with Crippen molar-refractivity contribution < 1.29 is 22.3 Å². The van der Waals surface area contributed by atoms with Crippen LogP contribution < -0.4 is 5.32 Å². The van der Waals surface area contributed by atoms with Crippen LogP contribution in [0.1, 0.15) is 11.1 Å². The van der Waals surface area contributed by atoms with Gasteiger partial charge < -0.3 is 10.1 Å². The highest BCUT2D eigenvalue weighted by molar-refractivity contribution is 7.89. The summed E-state index contributed by atoms with van der Waals surface area (Å²) in [7, 11) is -3.68. The van der Waals surface area contributed by atoms with Crippen LogP contribution >= 0.6 is 11.6 Å². The van der Waals surface area contributed by atoms with E-state index in [1.165, 1.54) is 40.7 Å². The van der Waals surface area contributed by atoms with Gasteiger partial charge in [-0.1, -0.05) is 23.7 Å². The predicted molar refractivity (Wildman–Crippen MR) is 110 cm³/mol. The van der Waals surface area contributed by atoms with Crippen LogP contribution in [0.4, 0.5) is 10.1 Å². The van der Waals surface area contributed by atoms with Gasteiger partial charge in [-0.15, -0.1) is 0 Å². The minimum atomic E-state index is -3.68. The average molecular weight is 439 g/mol. The number of nitrogens with one attached hydrogen (secondary N) is 1. The lowest BCUT2D eigenvalue weighted by molar-refractivity contribution is -0.111. The van der Waals surface area contributed by atoms with Gasteiger partial charge >= 0.3 is 0 Å². The van der Waals surface area contributed by atoms with Gasteiger partial charge in [-0.2, -0.15) is 4.31 Å². The van der Waals surface area contributed by atoms with E-state index in [9.17, 15) is 17.6 Å². The van der Waals surface area contributed by atoms with Crippen LogP contribution in [0.3, 0.4) is 0 Å². The van der Waals surface area contributed by atoms with E-state index in [0.717, 1.165) is 0 Å². The van der Waals surface area contributed by atoms with Crippen molar-refractivity contribution in [2.24, 2.45) is 0 Å². The molecule has 1 aliphatic heterocycles. The highest BCUT2D eigenvalue weighted by Crippen LogP contribution is 2.24. The molecule has 1 fully saturated rings. The van der Waals surface area contributed by atoms with Crippen molar-refractivity contribution in [2.45, 2.75) is 11.8 Å². The van der Waals surface area contributed by atoms with Gasteiger partial charge in [-0.3, -0.25) is 4.79 Å². The first-order chi connectivity index (χ1) is 13.8. The number of hydrogen-bond donors (Lipinski definition) is 1. The van der Waals surface area contributed by atoms with Crippen LogP contribution in [-0.2, 0) is 19.6 Å². The smallest absolute Gasteiger partial charge is 0.248 e. The number of sulfonamides is 1. The Labute approximate surface area is 174 Å². The standard InChI is InChI=1S/C20H20ClFN2O4S/c1-14-2-5-16(13-19(14)29(26,27)24-8-10-28-11-9-24)23-20(25)7-4-15-3-6-18(22)17(21)12-15/h2-7,12-13H,8-11H2,1H3,(H,23,25). The van der Waals surface area contributed by atoms with Gasteiger partial charge in [0.05, 0.1) is 23.1 Å². The molecule has 3 rings (SSSR count). The first-order valence-electron chi connectivity index (χ1n) is 8.90. The molecule has 0 unspecified atom stereocenters. The van der Waals surface area contributed by atoms with Crippen LogP contribution in [0.5, 0.6) is 0 Å². The molecule has 1 aliphatic rings. The third-order valence-electron chi connectivity index (χ3n) is 4.41. The first-order valence-corrected chi connectivity index (χ1v) is 10.7. The minimum absolute atomic E-state index is 0.0379. The third-order valence-corrected chi connectivity index (χ3v) is 6.74. The lowest BCUT2D eigenvalue weighted by atomic mass is 10.2. The Bertz CT molecular complexity index is 1050. The van der Waals surface area contributed by atoms with Gasteiger partial charge in [-0.25, -0.2) is 12.8 Å². The first kappa shape index (κ1) is 21.4. The molecule has 1 amide bonds. The molecule has 0 saturated carbocycles. The van der Waals surface area contributed by atoms with Gasteiger partial charge in [0, 0.05) is 24.9 Å². The number of hydrogen-bond acceptors (Lipinski definition) is 4. The van der Waals surface area contributed by atoms with Gasteiger partial charge in [-0.05, 0) is 48.4 Å². The van der Waals surface area contributed by atoms with Crippen molar-refractivity contribution in [3.05, 3.63) is 64.4 Å². The molecule has 0 radical (unpaired) electrons. The quantitative estimate of drug-likeness (QED) is 0.725. The Balaban J connectivity index is 1.76. The second-order valence-electron chi connectivity index (χ2n) is 6.49. The van der Waals surface area contributed by atoms with Crippen LogP contribution in [0.2, 0.25) is 5.02 Å². The van der Waals surface area contributed by atoms with E-state index in [1.807, 2.05) is 0 Å². The maximum absolute atomic E-state index is 13.2. The number of aryl methyl sites for hydroxylation is 1. The van der Waals surface area contributed by atoms with Crippen molar-refractivity contribution in [1.29, 1.82) is 0 Å². The van der Waals surface area contributed by atoms with Crippen molar-refractivity contribution in [3.8, 4) is 0 Å². The number of amides is 1. The molecular formula is C20H20ClFN2O4S. The number of nitrogens with zero attached hydrogens (tertiary/aromatic N) is 1. The maximum atomic E-state index is 13.2. The number of rotatable bonds is 5. The summed E-state index contributed by atoms with van der Waals surface area (Å²) in [6.07, 6.45) is 2.75. The lowest BCUT2D eigenvalue weighted by Crippen LogP contribution is -2.40. The number of benzene rings is 2. The molecule has 0 spiro atoms. The molecule has 9 heteroatoms. The Morgan fingerprint density at radius 2 is 1.93 bits per heavy atom. The second kappa shape index (κ2) is 9.04. The number of carbonyl (C=O) groups excluding carboxylic acids is 1. The molecule has 6 nitrogen and oxygen atoms in total. The van der Waals surface area contributed by atoms with E-state index in [2.05, 4.69) is 5.32 Å². The van der Waals surface area contributed by atoms with E-state index in [-0.39, 0.29) is 9.92 Å². The van der Waals surface area contributed by atoms with E-state index in [4.69, 9.17) is 16.3 Å². The van der Waals surface area contributed by atoms with Crippen LogP contribution in [0.15, 0.2) is 47.4 Å². The molecule has 154 valence electrons. The van der Waals surface area contributed by atoms with Crippen LogP contribution in [0.25, 0.3) is 6.08 Å². The normalized spacial score (nSPS) is 15.6. The molecule has 2 aromatic rings. The summed E-state index contributed by atoms with van der Waals surface area (Å²) in [6.45, 7) is 3.00. The van der Waals surface area contributed by atoms with Crippen LogP contribution in [0, 0.1) is 12.7 Å². The van der Waals surface area contributed by atoms with Crippen molar-refractivity contribution in [3.63, 3.8) is 0 Å². The Hall–Kier alpha value is -2.26. The Morgan fingerprint density at radius 3 is 2.62 bits per heavy atom.